The van der Waals surface area contributed by atoms with Gasteiger partial charge >= 0.3 is 0 Å². The summed E-state index contributed by atoms with van der Waals surface area (Å²) in [4.78, 5) is 26.7. The van der Waals surface area contributed by atoms with Gasteiger partial charge in [-0.25, -0.2) is 0 Å². The van der Waals surface area contributed by atoms with Gasteiger partial charge in [0.2, 0.25) is 5.91 Å². The summed E-state index contributed by atoms with van der Waals surface area (Å²) in [5.74, 6) is -0.0818. The highest BCUT2D eigenvalue weighted by molar-refractivity contribution is 5.97. The first kappa shape index (κ1) is 17.0. The van der Waals surface area contributed by atoms with Crippen molar-refractivity contribution in [3.05, 3.63) is 59.7 Å². The summed E-state index contributed by atoms with van der Waals surface area (Å²) in [6, 6.07) is 14.4. The minimum atomic E-state index is -0.118. The van der Waals surface area contributed by atoms with Crippen LogP contribution in [0.5, 0.6) is 0 Å². The molecule has 0 unspecified atom stereocenters. The molecule has 25 heavy (non-hydrogen) atoms. The minimum absolute atomic E-state index is 0.0364. The van der Waals surface area contributed by atoms with Crippen LogP contribution in [-0.2, 0) is 11.2 Å². The number of anilines is 2. The van der Waals surface area contributed by atoms with Gasteiger partial charge in [-0.2, -0.15) is 0 Å². The molecule has 5 heteroatoms. The Labute approximate surface area is 147 Å². The molecule has 0 atom stereocenters. The zero-order valence-corrected chi connectivity index (χ0v) is 14.2. The molecule has 0 bridgehead atoms. The van der Waals surface area contributed by atoms with Crippen LogP contribution in [0.3, 0.4) is 0 Å². The number of nitrogens with one attached hydrogen (secondary N) is 1. The van der Waals surface area contributed by atoms with E-state index in [-0.39, 0.29) is 18.2 Å². The predicted molar refractivity (Wildman–Crippen MR) is 99.4 cm³/mol. The number of rotatable bonds is 4. The van der Waals surface area contributed by atoms with Crippen molar-refractivity contribution in [2.75, 3.05) is 24.1 Å². The molecular formula is C20H23N3O2. The standard InChI is InChI=1S/C20H23N3O2/c21-17-9-7-15(8-10-17)13-19(24)22-18-6-4-5-16(14-18)20(25)23-11-2-1-3-12-23/h4-10,14H,1-3,11-13,21H2,(H,22,24). The van der Waals surface area contributed by atoms with Crippen LogP contribution in [0.4, 0.5) is 11.4 Å². The maximum atomic E-state index is 12.6. The van der Waals surface area contributed by atoms with E-state index in [4.69, 9.17) is 5.73 Å². The molecule has 5 nitrogen and oxygen atoms in total. The normalized spacial score (nSPS) is 14.2. The van der Waals surface area contributed by atoms with Crippen molar-refractivity contribution in [2.24, 2.45) is 0 Å². The molecule has 3 rings (SSSR count). The van der Waals surface area contributed by atoms with E-state index >= 15 is 0 Å². The van der Waals surface area contributed by atoms with E-state index in [0.29, 0.717) is 16.9 Å². The minimum Gasteiger partial charge on any atom is -0.399 e. The molecule has 0 saturated carbocycles. The molecule has 0 spiro atoms. The predicted octanol–water partition coefficient (Wildman–Crippen LogP) is 3.08. The number of carbonyl (C=O) groups excluding carboxylic acids is 2. The Bertz CT molecular complexity index is 750. The Morgan fingerprint density at radius 2 is 1.72 bits per heavy atom. The van der Waals surface area contributed by atoms with Crippen LogP contribution in [0.1, 0.15) is 35.2 Å². The van der Waals surface area contributed by atoms with Crippen LogP contribution in [0.15, 0.2) is 48.5 Å². The molecule has 1 fully saturated rings. The second kappa shape index (κ2) is 7.83. The Morgan fingerprint density at radius 1 is 1.00 bits per heavy atom. The van der Waals surface area contributed by atoms with Gasteiger partial charge in [0.1, 0.15) is 0 Å². The lowest BCUT2D eigenvalue weighted by Gasteiger charge is -2.26. The van der Waals surface area contributed by atoms with Crippen molar-refractivity contribution in [1.82, 2.24) is 4.90 Å². The van der Waals surface area contributed by atoms with Crippen molar-refractivity contribution in [1.29, 1.82) is 0 Å². The van der Waals surface area contributed by atoms with Crippen molar-refractivity contribution in [3.8, 4) is 0 Å². The SMILES string of the molecule is Nc1ccc(CC(=O)Nc2cccc(C(=O)N3CCCCC3)c2)cc1. The third kappa shape index (κ3) is 4.59. The van der Waals surface area contributed by atoms with Gasteiger partial charge in [0, 0.05) is 30.0 Å². The number of piperidine rings is 1. The van der Waals surface area contributed by atoms with E-state index in [1.54, 1.807) is 36.4 Å². The molecule has 2 aromatic carbocycles. The smallest absolute Gasteiger partial charge is 0.253 e. The molecule has 0 aromatic heterocycles. The van der Waals surface area contributed by atoms with Crippen molar-refractivity contribution in [2.45, 2.75) is 25.7 Å². The number of hydrogen-bond acceptors (Lipinski definition) is 3. The van der Waals surface area contributed by atoms with Crippen molar-refractivity contribution in [3.63, 3.8) is 0 Å². The molecular weight excluding hydrogens is 314 g/mol. The third-order valence-electron chi connectivity index (χ3n) is 4.38. The van der Waals surface area contributed by atoms with Crippen molar-refractivity contribution >= 4 is 23.2 Å². The Morgan fingerprint density at radius 3 is 2.44 bits per heavy atom. The Balaban J connectivity index is 1.63. The second-order valence-electron chi connectivity index (χ2n) is 6.40. The number of nitrogens with zero attached hydrogens (tertiary/aromatic N) is 1. The van der Waals surface area contributed by atoms with Gasteiger partial charge in [0.15, 0.2) is 0 Å². The van der Waals surface area contributed by atoms with Gasteiger partial charge < -0.3 is 16.0 Å². The van der Waals surface area contributed by atoms with Crippen LogP contribution in [0.25, 0.3) is 0 Å². The summed E-state index contributed by atoms with van der Waals surface area (Å²) in [7, 11) is 0. The average Bonchev–Trinajstić information content (AvgIpc) is 2.64. The number of benzene rings is 2. The van der Waals surface area contributed by atoms with Gasteiger partial charge in [0.05, 0.1) is 6.42 Å². The summed E-state index contributed by atoms with van der Waals surface area (Å²) >= 11 is 0. The second-order valence-corrected chi connectivity index (χ2v) is 6.40. The number of carbonyl (C=O) groups is 2. The largest absolute Gasteiger partial charge is 0.399 e. The topological polar surface area (TPSA) is 75.4 Å². The van der Waals surface area contributed by atoms with E-state index in [1.165, 1.54) is 6.42 Å². The highest BCUT2D eigenvalue weighted by Crippen LogP contribution is 2.17. The highest BCUT2D eigenvalue weighted by atomic mass is 16.2. The fourth-order valence-electron chi connectivity index (χ4n) is 3.04. The van der Waals surface area contributed by atoms with Crippen LogP contribution < -0.4 is 11.1 Å². The maximum absolute atomic E-state index is 12.6. The van der Waals surface area contributed by atoms with Gasteiger partial charge in [-0.15, -0.1) is 0 Å². The van der Waals surface area contributed by atoms with E-state index in [9.17, 15) is 9.59 Å². The number of nitrogen functional groups attached to an aromatic ring is 1. The summed E-state index contributed by atoms with van der Waals surface area (Å²) in [6.45, 7) is 1.62. The zero-order valence-electron chi connectivity index (χ0n) is 14.2. The lowest BCUT2D eigenvalue weighted by atomic mass is 10.1. The molecule has 1 saturated heterocycles. The van der Waals surface area contributed by atoms with Crippen LogP contribution >= 0.6 is 0 Å². The molecule has 1 aliphatic rings. The fourth-order valence-corrected chi connectivity index (χ4v) is 3.04. The summed E-state index contributed by atoms with van der Waals surface area (Å²) < 4.78 is 0. The molecule has 0 aliphatic carbocycles. The van der Waals surface area contributed by atoms with Gasteiger partial charge in [0.25, 0.3) is 5.91 Å². The molecule has 130 valence electrons. The number of amides is 2. The van der Waals surface area contributed by atoms with Gasteiger partial charge in [-0.1, -0.05) is 18.2 Å². The number of nitrogens with two attached hydrogens (primary N) is 1. The molecule has 2 aromatic rings. The van der Waals surface area contributed by atoms with Crippen molar-refractivity contribution < 1.29 is 9.59 Å². The maximum Gasteiger partial charge on any atom is 0.253 e. The quantitative estimate of drug-likeness (QED) is 0.842. The van der Waals surface area contributed by atoms with Gasteiger partial charge in [-0.3, -0.25) is 9.59 Å². The van der Waals surface area contributed by atoms with Gasteiger partial charge in [-0.05, 0) is 55.2 Å². The fraction of sp³-hybridized carbons (Fsp3) is 0.300. The Hall–Kier alpha value is -2.82. The van der Waals surface area contributed by atoms with Crippen LogP contribution in [0, 0.1) is 0 Å². The molecule has 1 heterocycles. The molecule has 0 radical (unpaired) electrons. The summed E-state index contributed by atoms with van der Waals surface area (Å²) in [5, 5.41) is 2.86. The van der Waals surface area contributed by atoms with E-state index in [0.717, 1.165) is 31.5 Å². The van der Waals surface area contributed by atoms with Crippen LogP contribution in [0.2, 0.25) is 0 Å². The first-order valence-corrected chi connectivity index (χ1v) is 8.65. The lowest BCUT2D eigenvalue weighted by Crippen LogP contribution is -2.35. The monoisotopic (exact) mass is 337 g/mol. The Kier molecular flexibility index (Phi) is 5.33. The lowest BCUT2D eigenvalue weighted by molar-refractivity contribution is -0.115. The summed E-state index contributed by atoms with van der Waals surface area (Å²) in [5.41, 5.74) is 8.48. The number of likely N-dealkylation sites (tertiary alicyclic amines) is 1. The third-order valence-corrected chi connectivity index (χ3v) is 4.38. The zero-order chi connectivity index (χ0) is 17.6. The first-order chi connectivity index (χ1) is 12.1. The van der Waals surface area contributed by atoms with E-state index in [2.05, 4.69) is 5.32 Å². The summed E-state index contributed by atoms with van der Waals surface area (Å²) in [6.07, 6.45) is 3.57. The van der Waals surface area contributed by atoms with E-state index in [1.807, 2.05) is 17.0 Å². The molecule has 1 aliphatic heterocycles. The number of hydrogen-bond donors (Lipinski definition) is 2. The highest BCUT2D eigenvalue weighted by Gasteiger charge is 2.18. The average molecular weight is 337 g/mol. The molecule has 2 amide bonds. The first-order valence-electron chi connectivity index (χ1n) is 8.65. The molecule has 3 N–H and O–H groups in total. The van der Waals surface area contributed by atoms with Crippen LogP contribution in [-0.4, -0.2) is 29.8 Å². The van der Waals surface area contributed by atoms with E-state index < -0.39 is 0 Å².